The average Bonchev–Trinajstić information content (AvgIpc) is 2.77. The van der Waals surface area contributed by atoms with Crippen LogP contribution in [0, 0.1) is 11.3 Å². The van der Waals surface area contributed by atoms with Crippen LogP contribution in [0.2, 0.25) is 5.02 Å². The molecule has 0 fully saturated rings. The van der Waals surface area contributed by atoms with E-state index in [0.29, 0.717) is 28.7 Å². The number of methoxy groups -OCH3 is 2. The van der Waals surface area contributed by atoms with Gasteiger partial charge in [-0.15, -0.1) is 0 Å². The van der Waals surface area contributed by atoms with Crippen LogP contribution in [-0.4, -0.2) is 14.2 Å². The first-order valence-corrected chi connectivity index (χ1v) is 9.33. The lowest BCUT2D eigenvalue weighted by molar-refractivity contribution is 0.284. The van der Waals surface area contributed by atoms with Gasteiger partial charge >= 0.3 is 0 Å². The number of allylic oxidation sites excluding steroid dienone is 1. The molecule has 0 aliphatic carbocycles. The third-order valence-corrected chi connectivity index (χ3v) is 4.73. The number of nitrogens with zero attached hydrogens (tertiary/aromatic N) is 1. The summed E-state index contributed by atoms with van der Waals surface area (Å²) in [5.41, 5.74) is 3.08. The first-order valence-electron chi connectivity index (χ1n) is 8.95. The summed E-state index contributed by atoms with van der Waals surface area (Å²) in [6.07, 6.45) is 1.81. The van der Waals surface area contributed by atoms with Gasteiger partial charge < -0.3 is 14.2 Å². The predicted octanol–water partition coefficient (Wildman–Crippen LogP) is 6.00. The van der Waals surface area contributed by atoms with Crippen molar-refractivity contribution in [2.75, 3.05) is 14.2 Å². The van der Waals surface area contributed by atoms with Crippen LogP contribution in [0.1, 0.15) is 16.7 Å². The maximum Gasteiger partial charge on any atom is 0.161 e. The first-order chi connectivity index (χ1) is 14.1. The summed E-state index contributed by atoms with van der Waals surface area (Å²) in [6.45, 7) is 0.334. The van der Waals surface area contributed by atoms with E-state index in [4.69, 9.17) is 25.8 Å². The van der Waals surface area contributed by atoms with Gasteiger partial charge in [0.05, 0.1) is 25.9 Å². The van der Waals surface area contributed by atoms with Gasteiger partial charge in [-0.05, 0) is 59.7 Å². The average molecular weight is 406 g/mol. The SMILES string of the molecule is COc1ccc(/C(C#N)=C/c2ccc(OCc3ccccc3Cl)c(OC)c2)cc1. The zero-order valence-electron chi connectivity index (χ0n) is 16.2. The van der Waals surface area contributed by atoms with Crippen molar-refractivity contribution in [1.82, 2.24) is 0 Å². The van der Waals surface area contributed by atoms with E-state index in [-0.39, 0.29) is 0 Å². The highest BCUT2D eigenvalue weighted by molar-refractivity contribution is 6.31. The molecule has 3 aromatic rings. The van der Waals surface area contributed by atoms with Crippen molar-refractivity contribution < 1.29 is 14.2 Å². The van der Waals surface area contributed by atoms with Crippen LogP contribution in [-0.2, 0) is 6.61 Å². The minimum Gasteiger partial charge on any atom is -0.497 e. The van der Waals surface area contributed by atoms with Crippen LogP contribution in [0.15, 0.2) is 66.7 Å². The molecule has 4 nitrogen and oxygen atoms in total. The van der Waals surface area contributed by atoms with E-state index in [1.807, 2.05) is 72.8 Å². The van der Waals surface area contributed by atoms with Gasteiger partial charge in [0, 0.05) is 10.6 Å². The van der Waals surface area contributed by atoms with Crippen LogP contribution in [0.4, 0.5) is 0 Å². The van der Waals surface area contributed by atoms with Crippen LogP contribution >= 0.6 is 11.6 Å². The molecule has 0 N–H and O–H groups in total. The molecule has 5 heteroatoms. The Bertz CT molecular complexity index is 1050. The Hall–Kier alpha value is -3.42. The molecule has 3 rings (SSSR count). The molecule has 0 saturated heterocycles. The highest BCUT2D eigenvalue weighted by atomic mass is 35.5. The zero-order chi connectivity index (χ0) is 20.6. The second kappa shape index (κ2) is 9.68. The summed E-state index contributed by atoms with van der Waals surface area (Å²) < 4.78 is 16.5. The topological polar surface area (TPSA) is 51.5 Å². The molecule has 0 spiro atoms. The fourth-order valence-corrected chi connectivity index (χ4v) is 2.97. The molecule has 3 aromatic carbocycles. The number of nitriles is 1. The number of rotatable bonds is 7. The number of ether oxygens (including phenoxy) is 3. The smallest absolute Gasteiger partial charge is 0.161 e. The lowest BCUT2D eigenvalue weighted by Gasteiger charge is -2.12. The number of halogens is 1. The molecule has 29 heavy (non-hydrogen) atoms. The van der Waals surface area contributed by atoms with E-state index in [9.17, 15) is 5.26 Å². The Kier molecular flexibility index (Phi) is 6.78. The molecular weight excluding hydrogens is 386 g/mol. The molecule has 0 amide bonds. The molecular formula is C24H20ClNO3. The molecule has 0 aliphatic rings. The van der Waals surface area contributed by atoms with Gasteiger partial charge in [-0.3, -0.25) is 0 Å². The van der Waals surface area contributed by atoms with Crippen molar-refractivity contribution in [1.29, 1.82) is 5.26 Å². The van der Waals surface area contributed by atoms with Crippen molar-refractivity contribution >= 4 is 23.3 Å². The molecule has 0 aromatic heterocycles. The minimum absolute atomic E-state index is 0.334. The summed E-state index contributed by atoms with van der Waals surface area (Å²) in [4.78, 5) is 0. The summed E-state index contributed by atoms with van der Waals surface area (Å²) in [7, 11) is 3.19. The van der Waals surface area contributed by atoms with Crippen LogP contribution < -0.4 is 14.2 Å². The van der Waals surface area contributed by atoms with Gasteiger partial charge in [-0.2, -0.15) is 5.26 Å². The summed E-state index contributed by atoms with van der Waals surface area (Å²) in [5.74, 6) is 1.93. The third kappa shape index (κ3) is 5.10. The van der Waals surface area contributed by atoms with Gasteiger partial charge in [0.1, 0.15) is 12.4 Å². The van der Waals surface area contributed by atoms with Gasteiger partial charge in [0.15, 0.2) is 11.5 Å². The largest absolute Gasteiger partial charge is 0.497 e. The Morgan fingerprint density at radius 3 is 2.38 bits per heavy atom. The Balaban J connectivity index is 1.82. The standard InChI is InChI=1S/C24H20ClNO3/c1-27-21-10-8-18(9-11-21)20(15-26)13-17-7-12-23(24(14-17)28-2)29-16-19-5-3-4-6-22(19)25/h3-14H,16H2,1-2H3/b20-13+. The highest BCUT2D eigenvalue weighted by Crippen LogP contribution is 2.31. The summed E-state index contributed by atoms with van der Waals surface area (Å²) in [5, 5.41) is 10.2. The molecule has 0 radical (unpaired) electrons. The Morgan fingerprint density at radius 2 is 1.72 bits per heavy atom. The molecule has 0 unspecified atom stereocenters. The van der Waals surface area contributed by atoms with Gasteiger partial charge in [0.25, 0.3) is 0 Å². The van der Waals surface area contributed by atoms with E-state index in [1.54, 1.807) is 14.2 Å². The predicted molar refractivity (Wildman–Crippen MR) is 115 cm³/mol. The first kappa shape index (κ1) is 20.3. The van der Waals surface area contributed by atoms with Gasteiger partial charge in [-0.1, -0.05) is 35.9 Å². The van der Waals surface area contributed by atoms with E-state index >= 15 is 0 Å². The van der Waals surface area contributed by atoms with E-state index < -0.39 is 0 Å². The molecule has 0 atom stereocenters. The fourth-order valence-electron chi connectivity index (χ4n) is 2.78. The van der Waals surface area contributed by atoms with Crippen LogP contribution in [0.3, 0.4) is 0 Å². The van der Waals surface area contributed by atoms with Gasteiger partial charge in [0.2, 0.25) is 0 Å². The van der Waals surface area contributed by atoms with Crippen molar-refractivity contribution in [2.45, 2.75) is 6.61 Å². The summed E-state index contributed by atoms with van der Waals surface area (Å²) >= 11 is 6.18. The van der Waals surface area contributed by atoms with E-state index in [1.165, 1.54) is 0 Å². The minimum atomic E-state index is 0.334. The highest BCUT2D eigenvalue weighted by Gasteiger charge is 2.08. The van der Waals surface area contributed by atoms with Gasteiger partial charge in [-0.25, -0.2) is 0 Å². The van der Waals surface area contributed by atoms with Crippen molar-refractivity contribution in [3.63, 3.8) is 0 Å². The van der Waals surface area contributed by atoms with E-state index in [2.05, 4.69) is 6.07 Å². The monoisotopic (exact) mass is 405 g/mol. The molecule has 0 saturated carbocycles. The normalized spacial score (nSPS) is 10.9. The lowest BCUT2D eigenvalue weighted by atomic mass is 10.0. The second-order valence-electron chi connectivity index (χ2n) is 6.19. The summed E-state index contributed by atoms with van der Waals surface area (Å²) in [6, 6.07) is 22.7. The third-order valence-electron chi connectivity index (χ3n) is 4.36. The van der Waals surface area contributed by atoms with Crippen molar-refractivity contribution in [3.05, 3.63) is 88.4 Å². The maximum atomic E-state index is 9.57. The quantitative estimate of drug-likeness (QED) is 0.357. The van der Waals surface area contributed by atoms with Crippen molar-refractivity contribution in [2.24, 2.45) is 0 Å². The molecule has 0 aliphatic heterocycles. The Labute approximate surface area is 175 Å². The number of hydrogen-bond acceptors (Lipinski definition) is 4. The Morgan fingerprint density at radius 1 is 0.966 bits per heavy atom. The molecule has 146 valence electrons. The molecule has 0 bridgehead atoms. The van der Waals surface area contributed by atoms with Crippen molar-refractivity contribution in [3.8, 4) is 23.3 Å². The lowest BCUT2D eigenvalue weighted by Crippen LogP contribution is -1.98. The number of hydrogen-bond donors (Lipinski definition) is 0. The zero-order valence-corrected chi connectivity index (χ0v) is 16.9. The van der Waals surface area contributed by atoms with E-state index in [0.717, 1.165) is 22.4 Å². The maximum absolute atomic E-state index is 9.57. The number of benzene rings is 3. The fraction of sp³-hybridized carbons (Fsp3) is 0.125. The second-order valence-corrected chi connectivity index (χ2v) is 6.60. The molecule has 0 heterocycles. The van der Waals surface area contributed by atoms with Crippen LogP contribution in [0.25, 0.3) is 11.6 Å². The van der Waals surface area contributed by atoms with Crippen LogP contribution in [0.5, 0.6) is 17.2 Å².